The molecule has 1 saturated carbocycles. The zero-order valence-electron chi connectivity index (χ0n) is 9.50. The summed E-state index contributed by atoms with van der Waals surface area (Å²) < 4.78 is 0. The van der Waals surface area contributed by atoms with Crippen LogP contribution in [0.25, 0.3) is 0 Å². The molecule has 0 bridgehead atoms. The van der Waals surface area contributed by atoms with Gasteiger partial charge in [0.2, 0.25) is 0 Å². The van der Waals surface area contributed by atoms with E-state index in [1.165, 1.54) is 12.8 Å². The maximum atomic E-state index is 10.6. The average molecular weight is 219 g/mol. The molecule has 1 N–H and O–H groups in total. The summed E-state index contributed by atoms with van der Waals surface area (Å²) in [5.41, 5.74) is -0.0824. The van der Waals surface area contributed by atoms with Gasteiger partial charge in [0.25, 0.3) is 0 Å². The van der Waals surface area contributed by atoms with E-state index < -0.39 is 5.60 Å². The highest BCUT2D eigenvalue weighted by atomic mass is 16.3. The molecular formula is C12H17N3O. The molecule has 3 rings (SSSR count). The second kappa shape index (κ2) is 3.50. The van der Waals surface area contributed by atoms with Crippen LogP contribution < -0.4 is 0 Å². The van der Waals surface area contributed by atoms with Crippen LogP contribution in [0.15, 0.2) is 18.6 Å². The van der Waals surface area contributed by atoms with Gasteiger partial charge >= 0.3 is 0 Å². The van der Waals surface area contributed by atoms with Gasteiger partial charge in [-0.1, -0.05) is 0 Å². The quantitative estimate of drug-likeness (QED) is 0.803. The number of hydrogen-bond donors (Lipinski definition) is 1. The van der Waals surface area contributed by atoms with Gasteiger partial charge in [-0.3, -0.25) is 14.9 Å². The molecule has 0 amide bonds. The Labute approximate surface area is 95.3 Å². The molecule has 2 unspecified atom stereocenters. The predicted molar refractivity (Wildman–Crippen MR) is 59.7 cm³/mol. The van der Waals surface area contributed by atoms with Crippen LogP contribution in [0.3, 0.4) is 0 Å². The second-order valence-corrected chi connectivity index (χ2v) is 5.08. The van der Waals surface area contributed by atoms with E-state index in [1.54, 1.807) is 18.6 Å². The van der Waals surface area contributed by atoms with Crippen LogP contribution in [0.5, 0.6) is 0 Å². The van der Waals surface area contributed by atoms with Crippen LogP contribution in [0, 0.1) is 0 Å². The van der Waals surface area contributed by atoms with Crippen LogP contribution >= 0.6 is 0 Å². The Bertz CT molecular complexity index is 379. The largest absolute Gasteiger partial charge is 0.382 e. The molecular weight excluding hydrogens is 202 g/mol. The third-order valence-electron chi connectivity index (χ3n) is 3.70. The molecule has 16 heavy (non-hydrogen) atoms. The van der Waals surface area contributed by atoms with Crippen molar-refractivity contribution in [2.24, 2.45) is 0 Å². The molecule has 4 nitrogen and oxygen atoms in total. The molecule has 1 aromatic heterocycles. The molecule has 0 spiro atoms. The van der Waals surface area contributed by atoms with E-state index in [4.69, 9.17) is 0 Å². The first-order valence-corrected chi connectivity index (χ1v) is 5.94. The summed E-state index contributed by atoms with van der Waals surface area (Å²) in [6, 6.07) is 1.14. The highest BCUT2D eigenvalue weighted by Gasteiger charge is 2.47. The molecule has 1 saturated heterocycles. The number of likely N-dealkylation sites (tertiary alicyclic amines) is 1. The zero-order chi connectivity index (χ0) is 11.2. The number of hydrogen-bond acceptors (Lipinski definition) is 4. The van der Waals surface area contributed by atoms with Crippen molar-refractivity contribution < 1.29 is 5.11 Å². The highest BCUT2D eigenvalue weighted by Crippen LogP contribution is 2.40. The van der Waals surface area contributed by atoms with Crippen molar-refractivity contribution >= 4 is 0 Å². The van der Waals surface area contributed by atoms with Crippen molar-refractivity contribution in [3.8, 4) is 0 Å². The third-order valence-corrected chi connectivity index (χ3v) is 3.70. The Hall–Kier alpha value is -1.00. The summed E-state index contributed by atoms with van der Waals surface area (Å²) in [6.45, 7) is 2.89. The molecule has 86 valence electrons. The van der Waals surface area contributed by atoms with E-state index >= 15 is 0 Å². The van der Waals surface area contributed by atoms with Gasteiger partial charge in [-0.25, -0.2) is 0 Å². The number of nitrogens with zero attached hydrogens (tertiary/aromatic N) is 3. The smallest absolute Gasteiger partial charge is 0.122 e. The van der Waals surface area contributed by atoms with Crippen molar-refractivity contribution in [1.29, 1.82) is 0 Å². The van der Waals surface area contributed by atoms with Gasteiger partial charge in [0.15, 0.2) is 0 Å². The maximum absolute atomic E-state index is 10.6. The second-order valence-electron chi connectivity index (χ2n) is 5.08. The Morgan fingerprint density at radius 2 is 2.25 bits per heavy atom. The van der Waals surface area contributed by atoms with Crippen molar-refractivity contribution in [3.05, 3.63) is 24.3 Å². The lowest BCUT2D eigenvalue weighted by Gasteiger charge is -2.22. The van der Waals surface area contributed by atoms with Gasteiger partial charge in [0, 0.05) is 31.0 Å². The molecule has 1 aliphatic carbocycles. The van der Waals surface area contributed by atoms with Crippen LogP contribution in [-0.2, 0) is 5.60 Å². The van der Waals surface area contributed by atoms with Gasteiger partial charge in [0.1, 0.15) is 5.60 Å². The van der Waals surface area contributed by atoms with Gasteiger partial charge < -0.3 is 5.11 Å². The first-order valence-electron chi connectivity index (χ1n) is 5.94. The monoisotopic (exact) mass is 219 g/mol. The van der Waals surface area contributed by atoms with E-state index in [2.05, 4.69) is 21.8 Å². The Kier molecular flexibility index (Phi) is 2.23. The topological polar surface area (TPSA) is 49.3 Å². The molecule has 2 fully saturated rings. The van der Waals surface area contributed by atoms with Gasteiger partial charge in [-0.2, -0.15) is 0 Å². The lowest BCUT2D eigenvalue weighted by atomic mass is 9.97. The number of β-amino-alcohol motifs (C(OH)–C–C–N with tert-alkyl or cyclic N) is 1. The fourth-order valence-electron chi connectivity index (χ4n) is 2.75. The van der Waals surface area contributed by atoms with E-state index in [-0.39, 0.29) is 0 Å². The fourth-order valence-corrected chi connectivity index (χ4v) is 2.75. The number of aromatic nitrogens is 2. The minimum absolute atomic E-state index is 0.444. The predicted octanol–water partition coefficient (Wildman–Crippen LogP) is 0.921. The molecule has 4 heteroatoms. The summed E-state index contributed by atoms with van der Waals surface area (Å²) in [6.07, 6.45) is 8.30. The van der Waals surface area contributed by atoms with E-state index in [0.29, 0.717) is 24.3 Å². The Morgan fingerprint density at radius 3 is 2.88 bits per heavy atom. The standard InChI is InChI=1S/C12H17N3O/c1-9-6-12(16,8-15(9)10-2-3-10)11-7-13-4-5-14-11/h4-5,7,9-10,16H,2-3,6,8H2,1H3. The van der Waals surface area contributed by atoms with Crippen molar-refractivity contribution in [2.45, 2.75) is 43.9 Å². The van der Waals surface area contributed by atoms with Gasteiger partial charge in [0.05, 0.1) is 11.9 Å². The first-order chi connectivity index (χ1) is 7.69. The van der Waals surface area contributed by atoms with E-state index in [0.717, 1.165) is 6.42 Å². The average Bonchev–Trinajstić information content (AvgIpc) is 3.07. The molecule has 2 heterocycles. The maximum Gasteiger partial charge on any atom is 0.122 e. The molecule has 1 aromatic rings. The molecule has 2 atom stereocenters. The summed E-state index contributed by atoms with van der Waals surface area (Å²) in [7, 11) is 0. The number of rotatable bonds is 2. The summed E-state index contributed by atoms with van der Waals surface area (Å²) in [5.74, 6) is 0. The lowest BCUT2D eigenvalue weighted by molar-refractivity contribution is 0.0404. The van der Waals surface area contributed by atoms with Crippen molar-refractivity contribution in [3.63, 3.8) is 0 Å². The van der Waals surface area contributed by atoms with Crippen LogP contribution in [0.2, 0.25) is 0 Å². The zero-order valence-corrected chi connectivity index (χ0v) is 9.50. The molecule has 1 aliphatic heterocycles. The van der Waals surface area contributed by atoms with E-state index in [1.807, 2.05) is 0 Å². The highest BCUT2D eigenvalue weighted by molar-refractivity contribution is 5.14. The van der Waals surface area contributed by atoms with E-state index in [9.17, 15) is 5.11 Å². The normalized spacial score (nSPS) is 35.5. The number of aliphatic hydroxyl groups is 1. The van der Waals surface area contributed by atoms with Crippen LogP contribution in [0.1, 0.15) is 31.9 Å². The lowest BCUT2D eigenvalue weighted by Crippen LogP contribution is -2.33. The Morgan fingerprint density at radius 1 is 1.44 bits per heavy atom. The van der Waals surface area contributed by atoms with Crippen molar-refractivity contribution in [1.82, 2.24) is 14.9 Å². The molecule has 2 aliphatic rings. The third kappa shape index (κ3) is 1.62. The van der Waals surface area contributed by atoms with Crippen LogP contribution in [-0.4, -0.2) is 38.6 Å². The summed E-state index contributed by atoms with van der Waals surface area (Å²) in [5, 5.41) is 10.6. The first kappa shape index (κ1) is 10.2. The van der Waals surface area contributed by atoms with Gasteiger partial charge in [-0.15, -0.1) is 0 Å². The molecule has 0 radical (unpaired) electrons. The van der Waals surface area contributed by atoms with Crippen LogP contribution in [0.4, 0.5) is 0 Å². The fraction of sp³-hybridized carbons (Fsp3) is 0.667. The minimum Gasteiger partial charge on any atom is -0.382 e. The SMILES string of the molecule is CC1CC(O)(c2cnccn2)CN1C1CC1. The Balaban J connectivity index is 1.84. The summed E-state index contributed by atoms with van der Waals surface area (Å²) >= 11 is 0. The van der Waals surface area contributed by atoms with Crippen molar-refractivity contribution in [2.75, 3.05) is 6.54 Å². The molecule has 0 aromatic carbocycles. The summed E-state index contributed by atoms with van der Waals surface area (Å²) in [4.78, 5) is 10.7. The van der Waals surface area contributed by atoms with Gasteiger partial charge in [-0.05, 0) is 26.2 Å². The minimum atomic E-state index is -0.795.